The molecule has 0 aromatic carbocycles. The number of aromatic nitrogens is 1. The van der Waals surface area contributed by atoms with Crippen molar-refractivity contribution in [3.63, 3.8) is 0 Å². The summed E-state index contributed by atoms with van der Waals surface area (Å²) in [6, 6.07) is 3.80. The lowest BCUT2D eigenvalue weighted by Gasteiger charge is -2.15. The maximum atomic E-state index is 5.22. The highest BCUT2D eigenvalue weighted by Crippen LogP contribution is 2.20. The average molecular weight is 208 g/mol. The van der Waals surface area contributed by atoms with Crippen molar-refractivity contribution < 1.29 is 4.74 Å². The SMILES string of the molecule is CCC(CC)CNc1ncccc1OC. The summed E-state index contributed by atoms with van der Waals surface area (Å²) in [5.74, 6) is 2.35. The molecule has 1 rings (SSSR count). The van der Waals surface area contributed by atoms with E-state index in [0.29, 0.717) is 5.92 Å². The summed E-state index contributed by atoms with van der Waals surface area (Å²) in [6.45, 7) is 5.39. The van der Waals surface area contributed by atoms with Crippen LogP contribution in [-0.4, -0.2) is 18.6 Å². The topological polar surface area (TPSA) is 34.2 Å². The van der Waals surface area contributed by atoms with Crippen LogP contribution in [0, 0.1) is 5.92 Å². The van der Waals surface area contributed by atoms with E-state index in [1.54, 1.807) is 13.3 Å². The van der Waals surface area contributed by atoms with Crippen molar-refractivity contribution in [1.29, 1.82) is 0 Å². The van der Waals surface area contributed by atoms with Crippen molar-refractivity contribution in [2.24, 2.45) is 5.92 Å². The Morgan fingerprint density at radius 2 is 2.13 bits per heavy atom. The maximum absolute atomic E-state index is 5.22. The van der Waals surface area contributed by atoms with Gasteiger partial charge in [-0.1, -0.05) is 26.7 Å². The van der Waals surface area contributed by atoms with Crippen LogP contribution in [0.3, 0.4) is 0 Å². The van der Waals surface area contributed by atoms with Crippen LogP contribution >= 0.6 is 0 Å². The normalized spacial score (nSPS) is 10.4. The van der Waals surface area contributed by atoms with Gasteiger partial charge < -0.3 is 10.1 Å². The van der Waals surface area contributed by atoms with Crippen LogP contribution in [0.2, 0.25) is 0 Å². The Morgan fingerprint density at radius 3 is 2.73 bits per heavy atom. The van der Waals surface area contributed by atoms with Crippen molar-refractivity contribution in [2.75, 3.05) is 19.0 Å². The third kappa shape index (κ3) is 3.42. The Bertz CT molecular complexity index is 285. The van der Waals surface area contributed by atoms with Crippen LogP contribution in [0.1, 0.15) is 26.7 Å². The number of ether oxygens (including phenoxy) is 1. The van der Waals surface area contributed by atoms with Gasteiger partial charge in [0.15, 0.2) is 11.6 Å². The second kappa shape index (κ2) is 6.27. The van der Waals surface area contributed by atoms with Crippen molar-refractivity contribution in [2.45, 2.75) is 26.7 Å². The van der Waals surface area contributed by atoms with Gasteiger partial charge >= 0.3 is 0 Å². The van der Waals surface area contributed by atoms with E-state index in [0.717, 1.165) is 18.1 Å². The van der Waals surface area contributed by atoms with Crippen LogP contribution in [0.15, 0.2) is 18.3 Å². The number of nitrogens with one attached hydrogen (secondary N) is 1. The number of hydrogen-bond acceptors (Lipinski definition) is 3. The molecule has 0 radical (unpaired) electrons. The molecule has 3 nitrogen and oxygen atoms in total. The standard InChI is InChI=1S/C12H20N2O/c1-4-10(5-2)9-14-12-11(15-3)7-6-8-13-12/h6-8,10H,4-5,9H2,1-3H3,(H,13,14). The van der Waals surface area contributed by atoms with Gasteiger partial charge in [0.05, 0.1) is 7.11 Å². The van der Waals surface area contributed by atoms with E-state index >= 15 is 0 Å². The predicted octanol–water partition coefficient (Wildman–Crippen LogP) is 2.94. The minimum Gasteiger partial charge on any atom is -0.493 e. The summed E-state index contributed by atoms with van der Waals surface area (Å²) in [5, 5.41) is 3.33. The van der Waals surface area contributed by atoms with Gasteiger partial charge in [0.2, 0.25) is 0 Å². The number of hydrogen-bond donors (Lipinski definition) is 1. The molecule has 1 heterocycles. The molecule has 1 aromatic heterocycles. The van der Waals surface area contributed by atoms with E-state index in [2.05, 4.69) is 24.1 Å². The molecule has 1 N–H and O–H groups in total. The zero-order chi connectivity index (χ0) is 11.1. The van der Waals surface area contributed by atoms with E-state index in [-0.39, 0.29) is 0 Å². The Hall–Kier alpha value is -1.25. The van der Waals surface area contributed by atoms with Crippen molar-refractivity contribution in [3.05, 3.63) is 18.3 Å². The number of rotatable bonds is 6. The zero-order valence-electron chi connectivity index (χ0n) is 9.79. The monoisotopic (exact) mass is 208 g/mol. The molecule has 0 aliphatic carbocycles. The van der Waals surface area contributed by atoms with Gasteiger partial charge in [-0.2, -0.15) is 0 Å². The van der Waals surface area contributed by atoms with Crippen molar-refractivity contribution in [1.82, 2.24) is 4.98 Å². The third-order valence-corrected chi connectivity index (χ3v) is 2.70. The second-order valence-electron chi connectivity index (χ2n) is 3.62. The highest BCUT2D eigenvalue weighted by Gasteiger charge is 2.06. The van der Waals surface area contributed by atoms with Crippen LogP contribution in [0.4, 0.5) is 5.82 Å². The third-order valence-electron chi connectivity index (χ3n) is 2.70. The first-order valence-corrected chi connectivity index (χ1v) is 5.54. The maximum Gasteiger partial charge on any atom is 0.168 e. The molecular formula is C12H20N2O. The molecule has 0 fully saturated rings. The minimum absolute atomic E-state index is 0.705. The van der Waals surface area contributed by atoms with E-state index in [1.165, 1.54) is 12.8 Å². The Labute approximate surface area is 91.9 Å². The fraction of sp³-hybridized carbons (Fsp3) is 0.583. The summed E-state index contributed by atoms with van der Waals surface area (Å²) in [4.78, 5) is 4.25. The van der Waals surface area contributed by atoms with Gasteiger partial charge in [0.1, 0.15) is 0 Å². The quantitative estimate of drug-likeness (QED) is 0.780. The highest BCUT2D eigenvalue weighted by molar-refractivity contribution is 5.49. The lowest BCUT2D eigenvalue weighted by atomic mass is 10.0. The summed E-state index contributed by atoms with van der Waals surface area (Å²) in [5.41, 5.74) is 0. The smallest absolute Gasteiger partial charge is 0.168 e. The molecule has 0 aliphatic heterocycles. The van der Waals surface area contributed by atoms with Crippen molar-refractivity contribution >= 4 is 5.82 Å². The molecule has 0 bridgehead atoms. The first-order chi connectivity index (χ1) is 7.31. The lowest BCUT2D eigenvalue weighted by Crippen LogP contribution is -2.14. The summed E-state index contributed by atoms with van der Waals surface area (Å²) in [7, 11) is 1.67. The number of nitrogens with zero attached hydrogens (tertiary/aromatic N) is 1. The molecule has 0 atom stereocenters. The predicted molar refractivity (Wildman–Crippen MR) is 63.4 cm³/mol. The van der Waals surface area contributed by atoms with E-state index in [9.17, 15) is 0 Å². The Balaban J connectivity index is 2.56. The molecule has 84 valence electrons. The molecule has 0 saturated carbocycles. The van der Waals surface area contributed by atoms with Crippen LogP contribution in [0.25, 0.3) is 0 Å². The molecule has 3 heteroatoms. The first-order valence-electron chi connectivity index (χ1n) is 5.54. The Morgan fingerprint density at radius 1 is 1.40 bits per heavy atom. The molecule has 0 spiro atoms. The fourth-order valence-corrected chi connectivity index (χ4v) is 1.51. The average Bonchev–Trinajstić information content (AvgIpc) is 2.31. The molecule has 0 amide bonds. The molecule has 0 aliphatic rings. The fourth-order valence-electron chi connectivity index (χ4n) is 1.51. The van der Waals surface area contributed by atoms with Gasteiger partial charge in [-0.3, -0.25) is 0 Å². The number of pyridine rings is 1. The first kappa shape index (κ1) is 11.8. The van der Waals surface area contributed by atoms with Gasteiger partial charge in [-0.05, 0) is 18.1 Å². The van der Waals surface area contributed by atoms with Crippen molar-refractivity contribution in [3.8, 4) is 5.75 Å². The van der Waals surface area contributed by atoms with E-state index in [1.807, 2.05) is 12.1 Å². The van der Waals surface area contributed by atoms with Crippen LogP contribution in [0.5, 0.6) is 5.75 Å². The van der Waals surface area contributed by atoms with Gasteiger partial charge in [-0.15, -0.1) is 0 Å². The van der Waals surface area contributed by atoms with Gasteiger partial charge in [-0.25, -0.2) is 4.98 Å². The highest BCUT2D eigenvalue weighted by atomic mass is 16.5. The molecule has 1 aromatic rings. The van der Waals surface area contributed by atoms with Crippen LogP contribution < -0.4 is 10.1 Å². The largest absolute Gasteiger partial charge is 0.493 e. The number of anilines is 1. The summed E-state index contributed by atoms with van der Waals surface area (Å²) < 4.78 is 5.22. The second-order valence-corrected chi connectivity index (χ2v) is 3.62. The molecular weight excluding hydrogens is 188 g/mol. The zero-order valence-corrected chi connectivity index (χ0v) is 9.79. The van der Waals surface area contributed by atoms with Gasteiger partial charge in [0.25, 0.3) is 0 Å². The minimum atomic E-state index is 0.705. The van der Waals surface area contributed by atoms with Crippen LogP contribution in [-0.2, 0) is 0 Å². The van der Waals surface area contributed by atoms with Gasteiger partial charge in [0, 0.05) is 12.7 Å². The number of methoxy groups -OCH3 is 1. The molecule has 15 heavy (non-hydrogen) atoms. The molecule has 0 unspecified atom stereocenters. The molecule has 0 saturated heterocycles. The van der Waals surface area contributed by atoms with E-state index < -0.39 is 0 Å². The Kier molecular flexibility index (Phi) is 4.95. The summed E-state index contributed by atoms with van der Waals surface area (Å²) >= 11 is 0. The van der Waals surface area contributed by atoms with E-state index in [4.69, 9.17) is 4.74 Å². The lowest BCUT2D eigenvalue weighted by molar-refractivity contribution is 0.414. The summed E-state index contributed by atoms with van der Waals surface area (Å²) in [6.07, 6.45) is 4.16.